The van der Waals surface area contributed by atoms with Crippen LogP contribution < -0.4 is 10.5 Å². The van der Waals surface area contributed by atoms with Crippen LogP contribution in [-0.2, 0) is 6.61 Å². The van der Waals surface area contributed by atoms with Crippen molar-refractivity contribution in [1.29, 1.82) is 0 Å². The third kappa shape index (κ3) is 3.12. The molecule has 20 heavy (non-hydrogen) atoms. The van der Waals surface area contributed by atoms with Gasteiger partial charge < -0.3 is 15.6 Å². The average Bonchev–Trinajstić information content (AvgIpc) is 2.47. The van der Waals surface area contributed by atoms with E-state index in [-0.39, 0.29) is 18.9 Å². The molecule has 2 rings (SSSR count). The molecule has 1 unspecified atom stereocenters. The third-order valence-corrected chi connectivity index (χ3v) is 2.88. The summed E-state index contributed by atoms with van der Waals surface area (Å²) < 4.78 is 32.9. The molecule has 2 aromatic carbocycles. The van der Waals surface area contributed by atoms with Gasteiger partial charge >= 0.3 is 0 Å². The maximum Gasteiger partial charge on any atom is 0.173 e. The SMILES string of the molecule is NCC(O)c1c(F)ccc(OCc2ccccc2)c1F. The van der Waals surface area contributed by atoms with Gasteiger partial charge in [-0.15, -0.1) is 0 Å². The molecule has 0 saturated heterocycles. The summed E-state index contributed by atoms with van der Waals surface area (Å²) in [4.78, 5) is 0. The zero-order valence-electron chi connectivity index (χ0n) is 10.7. The molecule has 0 aliphatic heterocycles. The molecule has 106 valence electrons. The number of aliphatic hydroxyl groups excluding tert-OH is 1. The maximum atomic E-state index is 14.1. The Hall–Kier alpha value is -1.98. The summed E-state index contributed by atoms with van der Waals surface area (Å²) in [5.41, 5.74) is 5.63. The van der Waals surface area contributed by atoms with Crippen molar-refractivity contribution in [1.82, 2.24) is 0 Å². The van der Waals surface area contributed by atoms with E-state index in [9.17, 15) is 13.9 Å². The van der Waals surface area contributed by atoms with Gasteiger partial charge in [-0.1, -0.05) is 30.3 Å². The second-order valence-electron chi connectivity index (χ2n) is 4.30. The lowest BCUT2D eigenvalue weighted by atomic mass is 10.1. The molecular formula is C15H15F2NO2. The summed E-state index contributed by atoms with van der Waals surface area (Å²) in [7, 11) is 0. The van der Waals surface area contributed by atoms with Crippen LogP contribution in [0.3, 0.4) is 0 Å². The van der Waals surface area contributed by atoms with Gasteiger partial charge in [0.2, 0.25) is 0 Å². The van der Waals surface area contributed by atoms with Gasteiger partial charge in [0.15, 0.2) is 11.6 Å². The van der Waals surface area contributed by atoms with Crippen molar-refractivity contribution in [2.75, 3.05) is 6.54 Å². The van der Waals surface area contributed by atoms with Gasteiger partial charge in [0, 0.05) is 6.54 Å². The molecule has 0 radical (unpaired) electrons. The van der Waals surface area contributed by atoms with E-state index in [1.165, 1.54) is 6.07 Å². The van der Waals surface area contributed by atoms with Crippen molar-refractivity contribution in [2.45, 2.75) is 12.7 Å². The van der Waals surface area contributed by atoms with Crippen LogP contribution in [0.5, 0.6) is 5.75 Å². The molecule has 2 aromatic rings. The fourth-order valence-electron chi connectivity index (χ4n) is 1.82. The molecule has 0 saturated carbocycles. The minimum atomic E-state index is -1.39. The van der Waals surface area contributed by atoms with Crippen LogP contribution in [0.4, 0.5) is 8.78 Å². The number of hydrogen-bond acceptors (Lipinski definition) is 3. The van der Waals surface area contributed by atoms with Gasteiger partial charge in [0.25, 0.3) is 0 Å². The van der Waals surface area contributed by atoms with E-state index in [4.69, 9.17) is 10.5 Å². The molecule has 0 amide bonds. The lowest BCUT2D eigenvalue weighted by Gasteiger charge is -2.14. The van der Waals surface area contributed by atoms with Crippen LogP contribution in [-0.4, -0.2) is 11.7 Å². The lowest BCUT2D eigenvalue weighted by Crippen LogP contribution is -2.15. The van der Waals surface area contributed by atoms with Crippen molar-refractivity contribution in [3.05, 3.63) is 65.2 Å². The first-order valence-corrected chi connectivity index (χ1v) is 6.16. The number of halogens is 2. The largest absolute Gasteiger partial charge is 0.486 e. The molecular weight excluding hydrogens is 264 g/mol. The van der Waals surface area contributed by atoms with Crippen molar-refractivity contribution >= 4 is 0 Å². The predicted octanol–water partition coefficient (Wildman–Crippen LogP) is 2.54. The van der Waals surface area contributed by atoms with E-state index in [1.807, 2.05) is 30.3 Å². The van der Waals surface area contributed by atoms with E-state index in [2.05, 4.69) is 0 Å². The number of nitrogens with two attached hydrogens (primary N) is 1. The normalized spacial score (nSPS) is 12.2. The first-order chi connectivity index (χ1) is 9.63. The van der Waals surface area contributed by atoms with Gasteiger partial charge in [-0.25, -0.2) is 8.78 Å². The molecule has 0 aromatic heterocycles. The van der Waals surface area contributed by atoms with Crippen molar-refractivity contribution in [2.24, 2.45) is 5.73 Å². The first-order valence-electron chi connectivity index (χ1n) is 6.16. The molecule has 1 atom stereocenters. The molecule has 0 fully saturated rings. The lowest BCUT2D eigenvalue weighted by molar-refractivity contribution is 0.174. The topological polar surface area (TPSA) is 55.5 Å². The molecule has 0 spiro atoms. The fraction of sp³-hybridized carbons (Fsp3) is 0.200. The highest BCUT2D eigenvalue weighted by Gasteiger charge is 2.20. The van der Waals surface area contributed by atoms with Gasteiger partial charge in [-0.3, -0.25) is 0 Å². The number of ether oxygens (including phenoxy) is 1. The van der Waals surface area contributed by atoms with E-state index < -0.39 is 23.3 Å². The zero-order valence-corrected chi connectivity index (χ0v) is 10.7. The Balaban J connectivity index is 2.20. The van der Waals surface area contributed by atoms with Gasteiger partial charge in [0.1, 0.15) is 12.4 Å². The van der Waals surface area contributed by atoms with Crippen LogP contribution in [0.15, 0.2) is 42.5 Å². The fourth-order valence-corrected chi connectivity index (χ4v) is 1.82. The summed E-state index contributed by atoms with van der Waals surface area (Å²) in [6.45, 7) is -0.114. The highest BCUT2D eigenvalue weighted by atomic mass is 19.1. The van der Waals surface area contributed by atoms with Gasteiger partial charge in [0.05, 0.1) is 11.7 Å². The van der Waals surface area contributed by atoms with E-state index in [1.54, 1.807) is 0 Å². The summed E-state index contributed by atoms with van der Waals surface area (Å²) in [6, 6.07) is 11.4. The minimum absolute atomic E-state index is 0.113. The molecule has 0 aliphatic carbocycles. The molecule has 5 heteroatoms. The summed E-state index contributed by atoms with van der Waals surface area (Å²) in [5.74, 6) is -1.87. The van der Waals surface area contributed by atoms with Crippen LogP contribution >= 0.6 is 0 Å². The smallest absolute Gasteiger partial charge is 0.173 e. The minimum Gasteiger partial charge on any atom is -0.486 e. The van der Waals surface area contributed by atoms with E-state index >= 15 is 0 Å². The Morgan fingerprint density at radius 1 is 1.10 bits per heavy atom. The van der Waals surface area contributed by atoms with Gasteiger partial charge in [-0.05, 0) is 17.7 Å². The number of hydrogen-bond donors (Lipinski definition) is 2. The highest BCUT2D eigenvalue weighted by molar-refractivity contribution is 5.34. The Kier molecular flexibility index (Phi) is 4.65. The van der Waals surface area contributed by atoms with Gasteiger partial charge in [-0.2, -0.15) is 0 Å². The first kappa shape index (κ1) is 14.4. The molecule has 0 heterocycles. The maximum absolute atomic E-state index is 14.1. The van der Waals surface area contributed by atoms with Crippen LogP contribution in [0, 0.1) is 11.6 Å². The summed E-state index contributed by atoms with van der Waals surface area (Å²) >= 11 is 0. The quantitative estimate of drug-likeness (QED) is 0.884. The number of rotatable bonds is 5. The Morgan fingerprint density at radius 2 is 1.80 bits per heavy atom. The molecule has 0 bridgehead atoms. The Morgan fingerprint density at radius 3 is 2.45 bits per heavy atom. The predicted molar refractivity (Wildman–Crippen MR) is 71.1 cm³/mol. The van der Waals surface area contributed by atoms with E-state index in [0.29, 0.717) is 0 Å². The van der Waals surface area contributed by atoms with Crippen molar-refractivity contribution in [3.63, 3.8) is 0 Å². The Labute approximate surface area is 115 Å². The highest BCUT2D eigenvalue weighted by Crippen LogP contribution is 2.28. The third-order valence-electron chi connectivity index (χ3n) is 2.88. The van der Waals surface area contributed by atoms with Crippen LogP contribution in [0.2, 0.25) is 0 Å². The molecule has 0 aliphatic rings. The number of benzene rings is 2. The summed E-state index contributed by atoms with van der Waals surface area (Å²) in [6.07, 6.45) is -1.39. The van der Waals surface area contributed by atoms with Crippen molar-refractivity contribution < 1.29 is 18.6 Å². The van der Waals surface area contributed by atoms with E-state index in [0.717, 1.165) is 11.6 Å². The molecule has 3 nitrogen and oxygen atoms in total. The molecule has 3 N–H and O–H groups in total. The summed E-state index contributed by atoms with van der Waals surface area (Å²) in [5, 5.41) is 9.54. The monoisotopic (exact) mass is 279 g/mol. The van der Waals surface area contributed by atoms with Crippen LogP contribution in [0.1, 0.15) is 17.2 Å². The number of aliphatic hydroxyl groups is 1. The Bertz CT molecular complexity index is 576. The standard InChI is InChI=1S/C15H15F2NO2/c16-11-6-7-13(15(17)14(11)12(19)8-18)20-9-10-4-2-1-3-5-10/h1-7,12,19H,8-9,18H2. The zero-order chi connectivity index (χ0) is 14.5. The van der Waals surface area contributed by atoms with Crippen LogP contribution in [0.25, 0.3) is 0 Å². The average molecular weight is 279 g/mol. The second-order valence-corrected chi connectivity index (χ2v) is 4.30. The second kappa shape index (κ2) is 6.45. The van der Waals surface area contributed by atoms with Crippen molar-refractivity contribution in [3.8, 4) is 5.75 Å².